The van der Waals surface area contributed by atoms with Crippen LogP contribution in [0, 0.1) is 0 Å². The summed E-state index contributed by atoms with van der Waals surface area (Å²) >= 11 is 0. The van der Waals surface area contributed by atoms with Gasteiger partial charge in [0.2, 0.25) is 0 Å². The van der Waals surface area contributed by atoms with E-state index < -0.39 is 0 Å². The molecule has 76 valence electrons. The lowest BCUT2D eigenvalue weighted by Crippen LogP contribution is -1.98. The highest BCUT2D eigenvalue weighted by atomic mass is 16.5. The highest BCUT2D eigenvalue weighted by Gasteiger charge is 1.92. The van der Waals surface area contributed by atoms with E-state index in [0.717, 1.165) is 11.3 Å². The number of benzene rings is 1. The summed E-state index contributed by atoms with van der Waals surface area (Å²) in [5.74, 6) is 0.877. The van der Waals surface area contributed by atoms with Gasteiger partial charge in [-0.15, -0.1) is 0 Å². The standard InChI is InChI=1S/C12H16O2/c1-10(13-2)4-5-11-6-8-12(14-3)9-7-11/h4-10H,1-3H3/b5-4+. The van der Waals surface area contributed by atoms with E-state index in [4.69, 9.17) is 9.47 Å². The van der Waals surface area contributed by atoms with Gasteiger partial charge < -0.3 is 9.47 Å². The molecule has 0 radical (unpaired) electrons. The molecule has 0 spiro atoms. The summed E-state index contributed by atoms with van der Waals surface area (Å²) in [5.41, 5.74) is 1.15. The lowest BCUT2D eigenvalue weighted by atomic mass is 10.2. The molecule has 2 nitrogen and oxygen atoms in total. The summed E-state index contributed by atoms with van der Waals surface area (Å²) in [7, 11) is 3.36. The third kappa shape index (κ3) is 3.23. The topological polar surface area (TPSA) is 18.5 Å². The molecule has 0 saturated heterocycles. The van der Waals surface area contributed by atoms with Gasteiger partial charge >= 0.3 is 0 Å². The highest BCUT2D eigenvalue weighted by molar-refractivity contribution is 5.50. The second-order valence-electron chi connectivity index (χ2n) is 3.07. The van der Waals surface area contributed by atoms with Crippen LogP contribution in [0.1, 0.15) is 12.5 Å². The van der Waals surface area contributed by atoms with Crippen molar-refractivity contribution in [2.45, 2.75) is 13.0 Å². The molecule has 2 heteroatoms. The summed E-state index contributed by atoms with van der Waals surface area (Å²) in [5, 5.41) is 0. The Bertz CT molecular complexity index is 288. The van der Waals surface area contributed by atoms with Crippen LogP contribution in [0.3, 0.4) is 0 Å². The molecule has 0 saturated carbocycles. The van der Waals surface area contributed by atoms with Crippen LogP contribution in [0.15, 0.2) is 30.3 Å². The minimum absolute atomic E-state index is 0.150. The molecule has 1 unspecified atom stereocenters. The first-order valence-electron chi connectivity index (χ1n) is 4.61. The van der Waals surface area contributed by atoms with Crippen LogP contribution >= 0.6 is 0 Å². The highest BCUT2D eigenvalue weighted by Crippen LogP contribution is 2.12. The number of methoxy groups -OCH3 is 2. The van der Waals surface area contributed by atoms with Crippen LogP contribution < -0.4 is 4.74 Å². The van der Waals surface area contributed by atoms with E-state index in [2.05, 4.69) is 0 Å². The second kappa shape index (κ2) is 5.45. The number of ether oxygens (including phenoxy) is 2. The zero-order chi connectivity index (χ0) is 10.4. The molecule has 1 rings (SSSR count). The Morgan fingerprint density at radius 1 is 1.14 bits per heavy atom. The van der Waals surface area contributed by atoms with Crippen molar-refractivity contribution >= 4 is 6.08 Å². The third-order valence-electron chi connectivity index (χ3n) is 2.05. The smallest absolute Gasteiger partial charge is 0.118 e. The van der Waals surface area contributed by atoms with Crippen molar-refractivity contribution in [1.29, 1.82) is 0 Å². The molecule has 0 aliphatic carbocycles. The van der Waals surface area contributed by atoms with Crippen LogP contribution in [0.2, 0.25) is 0 Å². The molecule has 1 aromatic carbocycles. The summed E-state index contributed by atoms with van der Waals surface area (Å²) in [6.45, 7) is 2.00. The van der Waals surface area contributed by atoms with Gasteiger partial charge in [-0.1, -0.05) is 24.3 Å². The van der Waals surface area contributed by atoms with Gasteiger partial charge in [0.05, 0.1) is 13.2 Å². The minimum Gasteiger partial charge on any atom is -0.497 e. The monoisotopic (exact) mass is 192 g/mol. The van der Waals surface area contributed by atoms with Crippen LogP contribution in [-0.4, -0.2) is 20.3 Å². The van der Waals surface area contributed by atoms with Crippen LogP contribution in [-0.2, 0) is 4.74 Å². The number of hydrogen-bond acceptors (Lipinski definition) is 2. The van der Waals surface area contributed by atoms with Gasteiger partial charge in [0.15, 0.2) is 0 Å². The molecule has 0 heterocycles. The quantitative estimate of drug-likeness (QED) is 0.730. The predicted octanol–water partition coefficient (Wildman–Crippen LogP) is 2.74. The number of hydrogen-bond donors (Lipinski definition) is 0. The fourth-order valence-electron chi connectivity index (χ4n) is 1.04. The van der Waals surface area contributed by atoms with Crippen molar-refractivity contribution in [1.82, 2.24) is 0 Å². The Kier molecular flexibility index (Phi) is 4.20. The maximum Gasteiger partial charge on any atom is 0.118 e. The average Bonchev–Trinajstić information content (AvgIpc) is 2.26. The lowest BCUT2D eigenvalue weighted by molar-refractivity contribution is 0.157. The summed E-state index contributed by atoms with van der Waals surface area (Å²) in [6.07, 6.45) is 4.20. The van der Waals surface area contributed by atoms with Gasteiger partial charge in [-0.3, -0.25) is 0 Å². The van der Waals surface area contributed by atoms with Crippen molar-refractivity contribution in [2.75, 3.05) is 14.2 Å². The van der Waals surface area contributed by atoms with Gasteiger partial charge in [0.1, 0.15) is 5.75 Å². The Morgan fingerprint density at radius 2 is 1.79 bits per heavy atom. The minimum atomic E-state index is 0.150. The molecule has 0 aliphatic heterocycles. The van der Waals surface area contributed by atoms with E-state index in [1.807, 2.05) is 43.3 Å². The average molecular weight is 192 g/mol. The first-order chi connectivity index (χ1) is 6.76. The SMILES string of the molecule is COc1ccc(/C=C/C(C)OC)cc1. The third-order valence-corrected chi connectivity index (χ3v) is 2.05. The summed E-state index contributed by atoms with van der Waals surface area (Å²) in [4.78, 5) is 0. The van der Waals surface area contributed by atoms with Crippen LogP contribution in [0.4, 0.5) is 0 Å². The molecule has 14 heavy (non-hydrogen) atoms. The van der Waals surface area contributed by atoms with Crippen molar-refractivity contribution in [3.8, 4) is 5.75 Å². The van der Waals surface area contributed by atoms with Gasteiger partial charge in [-0.2, -0.15) is 0 Å². The zero-order valence-corrected chi connectivity index (χ0v) is 8.86. The molecular formula is C12H16O2. The molecule has 0 aliphatic rings. The van der Waals surface area contributed by atoms with E-state index in [9.17, 15) is 0 Å². The zero-order valence-electron chi connectivity index (χ0n) is 8.86. The van der Waals surface area contributed by atoms with E-state index in [1.54, 1.807) is 14.2 Å². The van der Waals surface area contributed by atoms with Gasteiger partial charge in [-0.25, -0.2) is 0 Å². The molecule has 0 amide bonds. The molecule has 0 fully saturated rings. The van der Waals surface area contributed by atoms with E-state index in [1.165, 1.54) is 0 Å². The maximum absolute atomic E-state index is 5.11. The van der Waals surface area contributed by atoms with Crippen molar-refractivity contribution in [3.05, 3.63) is 35.9 Å². The van der Waals surface area contributed by atoms with Gasteiger partial charge in [-0.05, 0) is 24.6 Å². The molecule has 0 N–H and O–H groups in total. The largest absolute Gasteiger partial charge is 0.497 e. The Balaban J connectivity index is 2.64. The molecule has 1 atom stereocenters. The summed E-state index contributed by atoms with van der Waals surface area (Å²) < 4.78 is 10.2. The van der Waals surface area contributed by atoms with Gasteiger partial charge in [0, 0.05) is 7.11 Å². The molecule has 1 aromatic rings. The Labute approximate surface area is 85.2 Å². The van der Waals surface area contributed by atoms with E-state index in [-0.39, 0.29) is 6.10 Å². The molecule has 0 bridgehead atoms. The van der Waals surface area contributed by atoms with Crippen LogP contribution in [0.5, 0.6) is 5.75 Å². The van der Waals surface area contributed by atoms with Gasteiger partial charge in [0.25, 0.3) is 0 Å². The lowest BCUT2D eigenvalue weighted by Gasteiger charge is -2.02. The van der Waals surface area contributed by atoms with Crippen molar-refractivity contribution in [2.24, 2.45) is 0 Å². The molecule has 0 aromatic heterocycles. The Hall–Kier alpha value is -1.28. The predicted molar refractivity (Wildman–Crippen MR) is 58.5 cm³/mol. The summed E-state index contributed by atoms with van der Waals surface area (Å²) in [6, 6.07) is 7.91. The fourth-order valence-corrected chi connectivity index (χ4v) is 1.04. The first kappa shape index (κ1) is 10.8. The van der Waals surface area contributed by atoms with Crippen molar-refractivity contribution in [3.63, 3.8) is 0 Å². The number of rotatable bonds is 4. The second-order valence-corrected chi connectivity index (χ2v) is 3.07. The maximum atomic E-state index is 5.11. The first-order valence-corrected chi connectivity index (χ1v) is 4.61. The van der Waals surface area contributed by atoms with Crippen molar-refractivity contribution < 1.29 is 9.47 Å². The normalized spacial score (nSPS) is 13.1. The van der Waals surface area contributed by atoms with Crippen LogP contribution in [0.25, 0.3) is 6.08 Å². The van der Waals surface area contributed by atoms with E-state index in [0.29, 0.717) is 0 Å². The fraction of sp³-hybridized carbons (Fsp3) is 0.333. The Morgan fingerprint density at radius 3 is 2.29 bits per heavy atom. The molecular weight excluding hydrogens is 176 g/mol. The van der Waals surface area contributed by atoms with E-state index >= 15 is 0 Å².